The van der Waals surface area contributed by atoms with Gasteiger partial charge < -0.3 is 9.20 Å². The molecule has 0 saturated heterocycles. The number of carbonyl (C=O) groups excluding carboxylic acids is 2. The van der Waals surface area contributed by atoms with Crippen LogP contribution in [0.15, 0.2) is 0 Å². The van der Waals surface area contributed by atoms with Crippen LogP contribution in [0.2, 0.25) is 12.1 Å². The summed E-state index contributed by atoms with van der Waals surface area (Å²) < 4.78 is 30.4. The summed E-state index contributed by atoms with van der Waals surface area (Å²) in [7, 11) is -1.72. The summed E-state index contributed by atoms with van der Waals surface area (Å²) in [6.45, 7) is 3.54. The number of hydrogen-bond donors (Lipinski definition) is 0. The van der Waals surface area contributed by atoms with Crippen LogP contribution in [-0.4, -0.2) is 32.7 Å². The molecule has 2 rings (SSSR count). The molecule has 18 heavy (non-hydrogen) atoms. The van der Waals surface area contributed by atoms with Gasteiger partial charge >= 0.3 is 5.97 Å². The van der Waals surface area contributed by atoms with Crippen LogP contribution in [0.25, 0.3) is 0 Å². The van der Waals surface area contributed by atoms with Gasteiger partial charge in [0.1, 0.15) is 5.78 Å². The SMILES string of the molecule is CCOC(=O)[C@@]1(F)[C@@H]2C[C@@H](C[Si](=O)CC)C(=O)[C@@H]21. The van der Waals surface area contributed by atoms with E-state index in [0.29, 0.717) is 18.5 Å². The van der Waals surface area contributed by atoms with Gasteiger partial charge in [-0.3, -0.25) is 4.79 Å². The van der Waals surface area contributed by atoms with Crippen molar-refractivity contribution in [3.8, 4) is 0 Å². The minimum atomic E-state index is -2.09. The number of rotatable bonds is 5. The molecule has 0 heterocycles. The second-order valence-corrected chi connectivity index (χ2v) is 7.20. The molecule has 2 aliphatic rings. The molecule has 0 aliphatic heterocycles. The molecule has 0 aromatic carbocycles. The highest BCUT2D eigenvalue weighted by Crippen LogP contribution is 2.64. The van der Waals surface area contributed by atoms with E-state index in [1.807, 2.05) is 6.92 Å². The fourth-order valence-corrected chi connectivity index (χ4v) is 4.14. The topological polar surface area (TPSA) is 60.4 Å². The van der Waals surface area contributed by atoms with Gasteiger partial charge in [0.15, 0.2) is 0 Å². The number of ketones is 1. The van der Waals surface area contributed by atoms with E-state index in [1.54, 1.807) is 6.92 Å². The Morgan fingerprint density at radius 1 is 1.56 bits per heavy atom. The molecule has 6 heteroatoms. The molecule has 4 atom stereocenters. The average molecular weight is 272 g/mol. The monoisotopic (exact) mass is 272 g/mol. The van der Waals surface area contributed by atoms with E-state index < -0.39 is 32.2 Å². The van der Waals surface area contributed by atoms with Crippen LogP contribution < -0.4 is 0 Å². The summed E-state index contributed by atoms with van der Waals surface area (Å²) in [4.78, 5) is 23.4. The van der Waals surface area contributed by atoms with Crippen LogP contribution in [-0.2, 0) is 18.8 Å². The number of fused-ring (bicyclic) bond motifs is 1. The summed E-state index contributed by atoms with van der Waals surface area (Å²) in [5, 5.41) is 0. The van der Waals surface area contributed by atoms with E-state index in [4.69, 9.17) is 0 Å². The van der Waals surface area contributed by atoms with Crippen LogP contribution in [0, 0.1) is 17.8 Å². The van der Waals surface area contributed by atoms with Gasteiger partial charge in [0.2, 0.25) is 5.67 Å². The standard InChI is InChI=1S/C12H17FO4Si/c1-3-17-11(15)12(13)8-5-7(6-18(16)4-2)10(14)9(8)12/h7-9H,3-6H2,1-2H3/t7-,8+,9+,12+/m0/s1. The highest BCUT2D eigenvalue weighted by atomic mass is 28.3. The summed E-state index contributed by atoms with van der Waals surface area (Å²) in [5.41, 5.74) is -2.09. The third-order valence-corrected chi connectivity index (χ3v) is 5.73. The molecule has 100 valence electrons. The Morgan fingerprint density at radius 3 is 2.67 bits per heavy atom. The molecule has 2 aliphatic carbocycles. The minimum absolute atomic E-state index is 0.116. The zero-order valence-corrected chi connectivity index (χ0v) is 11.6. The van der Waals surface area contributed by atoms with Crippen molar-refractivity contribution in [3.63, 3.8) is 0 Å². The number of alkyl halides is 1. The molecule has 0 unspecified atom stereocenters. The zero-order chi connectivity index (χ0) is 13.5. The number of halogens is 1. The van der Waals surface area contributed by atoms with Gasteiger partial charge in [-0.05, 0) is 19.4 Å². The Balaban J connectivity index is 1.99. The van der Waals surface area contributed by atoms with Gasteiger partial charge in [0, 0.05) is 17.9 Å². The van der Waals surface area contributed by atoms with Crippen LogP contribution in [0.3, 0.4) is 0 Å². The maximum atomic E-state index is 14.3. The van der Waals surface area contributed by atoms with Crippen molar-refractivity contribution in [2.45, 2.75) is 38.0 Å². The first kappa shape index (κ1) is 13.5. The van der Waals surface area contributed by atoms with Gasteiger partial charge in [-0.25, -0.2) is 9.18 Å². The predicted molar refractivity (Wildman–Crippen MR) is 62.3 cm³/mol. The largest absolute Gasteiger partial charge is 0.464 e. The smallest absolute Gasteiger partial charge is 0.344 e. The van der Waals surface area contributed by atoms with Crippen LogP contribution in [0.5, 0.6) is 0 Å². The van der Waals surface area contributed by atoms with Crippen molar-refractivity contribution in [2.75, 3.05) is 6.61 Å². The van der Waals surface area contributed by atoms with Crippen molar-refractivity contribution in [1.82, 2.24) is 0 Å². The van der Waals surface area contributed by atoms with E-state index in [1.165, 1.54) is 0 Å². The predicted octanol–water partition coefficient (Wildman–Crippen LogP) is 1.53. The van der Waals surface area contributed by atoms with E-state index in [9.17, 15) is 18.4 Å². The molecule has 4 nitrogen and oxygen atoms in total. The van der Waals surface area contributed by atoms with Crippen molar-refractivity contribution < 1.29 is 23.2 Å². The second kappa shape index (κ2) is 4.64. The Labute approximate surface area is 107 Å². The van der Waals surface area contributed by atoms with Gasteiger partial charge in [0.25, 0.3) is 8.68 Å². The second-order valence-electron chi connectivity index (χ2n) is 5.00. The Morgan fingerprint density at radius 2 is 2.22 bits per heavy atom. The molecule has 0 amide bonds. The van der Waals surface area contributed by atoms with Gasteiger partial charge in [-0.2, -0.15) is 0 Å². The quantitative estimate of drug-likeness (QED) is 0.562. The summed E-state index contributed by atoms with van der Waals surface area (Å²) in [5.74, 6) is -2.84. The van der Waals surface area contributed by atoms with E-state index in [0.717, 1.165) is 0 Å². The molecule has 2 fully saturated rings. The van der Waals surface area contributed by atoms with Crippen molar-refractivity contribution in [1.29, 1.82) is 0 Å². The third kappa shape index (κ3) is 1.86. The minimum Gasteiger partial charge on any atom is -0.464 e. The lowest BCUT2D eigenvalue weighted by Gasteiger charge is -2.15. The zero-order valence-electron chi connectivity index (χ0n) is 10.6. The lowest BCUT2D eigenvalue weighted by Crippen LogP contribution is -2.31. The average Bonchev–Trinajstić information content (AvgIpc) is 2.78. The number of Topliss-reactive ketones (excluding diaryl/α,β-unsaturated/α-hetero) is 1. The first-order valence-corrected chi connectivity index (χ1v) is 8.20. The summed E-state index contributed by atoms with van der Waals surface area (Å²) in [6, 6.07) is 0.939. The molecule has 0 aromatic heterocycles. The van der Waals surface area contributed by atoms with Gasteiger partial charge in [-0.1, -0.05) is 6.92 Å². The maximum absolute atomic E-state index is 14.3. The third-order valence-electron chi connectivity index (χ3n) is 3.99. The molecule has 0 spiro atoms. The molecule has 0 aromatic rings. The fourth-order valence-electron chi connectivity index (χ4n) is 2.94. The van der Waals surface area contributed by atoms with E-state index >= 15 is 0 Å². The fraction of sp³-hybridized carbons (Fsp3) is 0.833. The molecule has 0 radical (unpaired) electrons. The van der Waals surface area contributed by atoms with Gasteiger partial charge in [-0.15, -0.1) is 0 Å². The Hall–Kier alpha value is -0.913. The number of esters is 1. The molecular weight excluding hydrogens is 255 g/mol. The Kier molecular flexibility index (Phi) is 3.49. The summed E-state index contributed by atoms with van der Waals surface area (Å²) in [6.07, 6.45) is 0.342. The van der Waals surface area contributed by atoms with Crippen LogP contribution >= 0.6 is 0 Å². The number of hydrogen-bond acceptors (Lipinski definition) is 4. The van der Waals surface area contributed by atoms with E-state index in [2.05, 4.69) is 4.74 Å². The number of carbonyl (C=O) groups is 2. The number of ether oxygens (including phenoxy) is 1. The maximum Gasteiger partial charge on any atom is 0.344 e. The van der Waals surface area contributed by atoms with Crippen molar-refractivity contribution in [3.05, 3.63) is 0 Å². The first-order chi connectivity index (χ1) is 8.46. The highest BCUT2D eigenvalue weighted by molar-refractivity contribution is 6.43. The van der Waals surface area contributed by atoms with E-state index in [-0.39, 0.29) is 18.3 Å². The molecule has 0 bridgehead atoms. The molecular formula is C12H17FO4Si. The van der Waals surface area contributed by atoms with Crippen LogP contribution in [0.4, 0.5) is 4.39 Å². The highest BCUT2D eigenvalue weighted by Gasteiger charge is 2.79. The van der Waals surface area contributed by atoms with Crippen molar-refractivity contribution in [2.24, 2.45) is 17.8 Å². The molecule has 2 saturated carbocycles. The van der Waals surface area contributed by atoms with Gasteiger partial charge in [0.05, 0.1) is 12.5 Å². The summed E-state index contributed by atoms with van der Waals surface area (Å²) >= 11 is 0. The normalized spacial score (nSPS) is 37.3. The molecule has 0 N–H and O–H groups in total. The lowest BCUT2D eigenvalue weighted by molar-refractivity contribution is -0.154. The van der Waals surface area contributed by atoms with Crippen molar-refractivity contribution >= 4 is 20.4 Å². The lowest BCUT2D eigenvalue weighted by atomic mass is 9.99. The van der Waals surface area contributed by atoms with Crippen LogP contribution in [0.1, 0.15) is 20.3 Å². The Bertz CT molecular complexity index is 411. The first-order valence-electron chi connectivity index (χ1n) is 6.38.